The van der Waals surface area contributed by atoms with Gasteiger partial charge in [-0.25, -0.2) is 0 Å². The summed E-state index contributed by atoms with van der Waals surface area (Å²) < 4.78 is 0. The molecule has 0 bridgehead atoms. The monoisotopic (exact) mass is 285 g/mol. The average Bonchev–Trinajstić information content (AvgIpc) is 2.25. The summed E-state index contributed by atoms with van der Waals surface area (Å²) >= 11 is 0. The van der Waals surface area contributed by atoms with E-state index < -0.39 is 0 Å². The van der Waals surface area contributed by atoms with Crippen LogP contribution in [0.3, 0.4) is 0 Å². The molecule has 0 fully saturated rings. The van der Waals surface area contributed by atoms with Crippen molar-refractivity contribution in [2.75, 3.05) is 6.54 Å². The summed E-state index contributed by atoms with van der Waals surface area (Å²) in [5.74, 6) is -0.0555. The molecule has 118 valence electrons. The molecule has 0 saturated heterocycles. The van der Waals surface area contributed by atoms with Gasteiger partial charge in [0.25, 0.3) is 0 Å². The van der Waals surface area contributed by atoms with Crippen LogP contribution in [0.2, 0.25) is 0 Å². The largest absolute Gasteiger partial charge is 0.355 e. The number of carbonyl (C=O) groups is 2. The molecule has 0 aromatic rings. The van der Waals surface area contributed by atoms with Gasteiger partial charge in [0.1, 0.15) is 0 Å². The number of hydrogen-bond acceptors (Lipinski definition) is 3. The van der Waals surface area contributed by atoms with Crippen molar-refractivity contribution >= 4 is 11.8 Å². The third-order valence-corrected chi connectivity index (χ3v) is 2.91. The highest BCUT2D eigenvalue weighted by molar-refractivity contribution is 5.80. The molecule has 2 atom stereocenters. The molecule has 0 radical (unpaired) electrons. The van der Waals surface area contributed by atoms with Crippen LogP contribution in [-0.4, -0.2) is 29.9 Å². The molecule has 0 aliphatic heterocycles. The van der Waals surface area contributed by atoms with Gasteiger partial charge in [0.2, 0.25) is 11.8 Å². The molecular weight excluding hydrogens is 254 g/mol. The average molecular weight is 285 g/mol. The van der Waals surface area contributed by atoms with Gasteiger partial charge in [0, 0.05) is 30.5 Å². The first-order chi connectivity index (χ1) is 9.11. The van der Waals surface area contributed by atoms with Gasteiger partial charge in [-0.3, -0.25) is 9.59 Å². The van der Waals surface area contributed by atoms with Crippen molar-refractivity contribution in [2.45, 2.75) is 71.9 Å². The normalized spacial score (nSPS) is 14.5. The molecule has 0 aromatic heterocycles. The van der Waals surface area contributed by atoms with E-state index in [0.29, 0.717) is 13.0 Å². The Bertz CT molecular complexity index is 309. The number of rotatable bonds is 8. The fourth-order valence-corrected chi connectivity index (χ4v) is 1.83. The van der Waals surface area contributed by atoms with E-state index in [4.69, 9.17) is 5.73 Å². The highest BCUT2D eigenvalue weighted by atomic mass is 16.2. The van der Waals surface area contributed by atoms with E-state index in [1.54, 1.807) is 0 Å². The number of nitrogens with two attached hydrogens (primary N) is 1. The Kier molecular flexibility index (Phi) is 8.46. The number of hydrogen-bond donors (Lipinski definition) is 3. The van der Waals surface area contributed by atoms with E-state index in [2.05, 4.69) is 10.6 Å². The van der Waals surface area contributed by atoms with Crippen LogP contribution in [0.1, 0.15) is 60.3 Å². The Morgan fingerprint density at radius 1 is 1.15 bits per heavy atom. The predicted molar refractivity (Wildman–Crippen MR) is 82.2 cm³/mol. The highest BCUT2D eigenvalue weighted by Gasteiger charge is 2.15. The first-order valence-corrected chi connectivity index (χ1v) is 7.46. The van der Waals surface area contributed by atoms with Gasteiger partial charge in [0.15, 0.2) is 0 Å². The molecule has 0 aliphatic rings. The second-order valence-corrected chi connectivity index (χ2v) is 6.65. The van der Waals surface area contributed by atoms with Crippen molar-refractivity contribution in [1.29, 1.82) is 0 Å². The van der Waals surface area contributed by atoms with E-state index in [0.717, 1.165) is 19.3 Å². The first kappa shape index (κ1) is 18.9. The highest BCUT2D eigenvalue weighted by Crippen LogP contribution is 2.09. The topological polar surface area (TPSA) is 84.2 Å². The summed E-state index contributed by atoms with van der Waals surface area (Å²) in [6, 6.07) is 0.186. The minimum atomic E-state index is -0.229. The van der Waals surface area contributed by atoms with Crippen LogP contribution in [0.4, 0.5) is 0 Å². The summed E-state index contributed by atoms with van der Waals surface area (Å²) in [5.41, 5.74) is 5.44. The second-order valence-electron chi connectivity index (χ2n) is 6.65. The smallest absolute Gasteiger partial charge is 0.222 e. The van der Waals surface area contributed by atoms with Gasteiger partial charge < -0.3 is 16.4 Å². The van der Waals surface area contributed by atoms with Crippen molar-refractivity contribution in [3.8, 4) is 0 Å². The molecule has 0 rings (SSSR count). The van der Waals surface area contributed by atoms with Gasteiger partial charge in [-0.05, 0) is 40.5 Å². The van der Waals surface area contributed by atoms with Crippen LogP contribution < -0.4 is 16.4 Å². The molecule has 0 aliphatic carbocycles. The zero-order valence-electron chi connectivity index (χ0n) is 13.6. The van der Waals surface area contributed by atoms with E-state index in [-0.39, 0.29) is 29.3 Å². The van der Waals surface area contributed by atoms with E-state index >= 15 is 0 Å². The Morgan fingerprint density at radius 2 is 1.75 bits per heavy atom. The van der Waals surface area contributed by atoms with Crippen molar-refractivity contribution in [3.63, 3.8) is 0 Å². The summed E-state index contributed by atoms with van der Waals surface area (Å²) in [5, 5.41) is 5.67. The minimum Gasteiger partial charge on any atom is -0.355 e. The molecule has 20 heavy (non-hydrogen) atoms. The minimum absolute atomic E-state index is 0.0123. The lowest BCUT2D eigenvalue weighted by molar-refractivity contribution is -0.125. The van der Waals surface area contributed by atoms with Crippen LogP contribution in [-0.2, 0) is 9.59 Å². The molecule has 2 unspecified atom stereocenters. The van der Waals surface area contributed by atoms with Crippen molar-refractivity contribution in [3.05, 3.63) is 0 Å². The van der Waals surface area contributed by atoms with Crippen molar-refractivity contribution < 1.29 is 9.59 Å². The molecule has 5 heteroatoms. The first-order valence-electron chi connectivity index (χ1n) is 7.46. The summed E-state index contributed by atoms with van der Waals surface area (Å²) in [6.45, 7) is 10.1. The van der Waals surface area contributed by atoms with Crippen LogP contribution in [0.5, 0.6) is 0 Å². The third-order valence-electron chi connectivity index (χ3n) is 2.91. The molecule has 4 N–H and O–H groups in total. The molecule has 0 aromatic carbocycles. The molecule has 2 amide bonds. The summed E-state index contributed by atoms with van der Waals surface area (Å²) in [6.07, 6.45) is 3.04. The number of amides is 2. The molecular formula is C15H31N3O2. The molecule has 0 saturated carbocycles. The Morgan fingerprint density at radius 3 is 2.25 bits per heavy atom. The lowest BCUT2D eigenvalue weighted by Crippen LogP contribution is -2.42. The lowest BCUT2D eigenvalue weighted by atomic mass is 10.0. The van der Waals surface area contributed by atoms with Gasteiger partial charge in [-0.15, -0.1) is 0 Å². The Hall–Kier alpha value is -1.10. The zero-order chi connectivity index (χ0) is 15.8. The molecule has 5 nitrogen and oxygen atoms in total. The van der Waals surface area contributed by atoms with Gasteiger partial charge in [-0.2, -0.15) is 0 Å². The zero-order valence-corrected chi connectivity index (χ0v) is 13.6. The number of nitrogens with one attached hydrogen (secondary N) is 2. The maximum Gasteiger partial charge on any atom is 0.222 e. The lowest BCUT2D eigenvalue weighted by Gasteiger charge is -2.20. The summed E-state index contributed by atoms with van der Waals surface area (Å²) in [7, 11) is 0. The SMILES string of the molecule is CC(N)CCCC(C)C(=O)NCCC(=O)NC(C)(C)C. The van der Waals surface area contributed by atoms with Crippen LogP contribution in [0, 0.1) is 5.92 Å². The van der Waals surface area contributed by atoms with Crippen LogP contribution in [0.25, 0.3) is 0 Å². The quantitative estimate of drug-likeness (QED) is 0.633. The van der Waals surface area contributed by atoms with E-state index in [1.807, 2.05) is 34.6 Å². The second kappa shape index (κ2) is 8.95. The maximum absolute atomic E-state index is 11.8. The molecule has 0 spiro atoms. The maximum atomic E-state index is 11.8. The standard InChI is InChI=1S/C15H31N3O2/c1-11(7-6-8-12(2)16)14(20)17-10-9-13(19)18-15(3,4)5/h11-12H,6-10,16H2,1-5H3,(H,17,20)(H,18,19). The Labute approximate surface area is 123 Å². The van der Waals surface area contributed by atoms with Crippen LogP contribution in [0.15, 0.2) is 0 Å². The van der Waals surface area contributed by atoms with E-state index in [1.165, 1.54) is 0 Å². The predicted octanol–water partition coefficient (Wildman–Crippen LogP) is 1.56. The van der Waals surface area contributed by atoms with Crippen LogP contribution >= 0.6 is 0 Å². The van der Waals surface area contributed by atoms with Crippen molar-refractivity contribution in [2.24, 2.45) is 11.7 Å². The van der Waals surface area contributed by atoms with Gasteiger partial charge in [0.05, 0.1) is 0 Å². The van der Waals surface area contributed by atoms with Gasteiger partial charge >= 0.3 is 0 Å². The van der Waals surface area contributed by atoms with E-state index in [9.17, 15) is 9.59 Å². The number of carbonyl (C=O) groups excluding carboxylic acids is 2. The van der Waals surface area contributed by atoms with Gasteiger partial charge in [-0.1, -0.05) is 13.3 Å². The van der Waals surface area contributed by atoms with Crippen molar-refractivity contribution in [1.82, 2.24) is 10.6 Å². The Balaban J connectivity index is 3.79. The fourth-order valence-electron chi connectivity index (χ4n) is 1.83. The third kappa shape index (κ3) is 10.8. The fraction of sp³-hybridized carbons (Fsp3) is 0.867. The summed E-state index contributed by atoms with van der Waals surface area (Å²) in [4.78, 5) is 23.4. The molecule has 0 heterocycles.